The molecule has 1 radical (unpaired) electrons. The summed E-state index contributed by atoms with van der Waals surface area (Å²) in [5, 5.41) is 0. The van der Waals surface area contributed by atoms with E-state index in [2.05, 4.69) is 25.3 Å². The molecule has 43 valence electrons. The molecule has 0 aliphatic rings. The molecule has 0 rings (SSSR count). The fraction of sp³-hybridized carbons (Fsp3) is 1.00. The van der Waals surface area contributed by atoms with Gasteiger partial charge >= 0.3 is 0 Å². The van der Waals surface area contributed by atoms with Crippen LogP contribution in [-0.2, 0) is 4.74 Å². The standard InChI is InChI=1S/C4H9OS2/c1-4(7)5-2-3-6/h4,6H,2-3H2,1H3. The minimum absolute atomic E-state index is 0.0628. The van der Waals surface area contributed by atoms with E-state index in [0.717, 1.165) is 5.75 Å². The topological polar surface area (TPSA) is 9.23 Å². The number of ether oxygens (including phenoxy) is 1. The first kappa shape index (κ1) is 7.66. The second-order valence-electron chi connectivity index (χ2n) is 1.16. The molecule has 0 amide bonds. The van der Waals surface area contributed by atoms with Gasteiger partial charge in [-0.15, -0.1) is 0 Å². The van der Waals surface area contributed by atoms with Crippen molar-refractivity contribution < 1.29 is 4.74 Å². The van der Waals surface area contributed by atoms with E-state index < -0.39 is 0 Å². The van der Waals surface area contributed by atoms with Crippen molar-refractivity contribution in [3.63, 3.8) is 0 Å². The second kappa shape index (κ2) is 4.81. The van der Waals surface area contributed by atoms with Crippen LogP contribution in [0.4, 0.5) is 0 Å². The molecule has 0 fully saturated rings. The maximum atomic E-state index is 4.93. The van der Waals surface area contributed by atoms with Crippen molar-refractivity contribution in [2.24, 2.45) is 0 Å². The van der Waals surface area contributed by atoms with E-state index in [1.54, 1.807) is 0 Å². The van der Waals surface area contributed by atoms with Crippen LogP contribution in [0.1, 0.15) is 6.92 Å². The van der Waals surface area contributed by atoms with Gasteiger partial charge in [-0.05, 0) is 6.92 Å². The third-order valence-electron chi connectivity index (χ3n) is 0.444. The van der Waals surface area contributed by atoms with Gasteiger partial charge in [0.25, 0.3) is 0 Å². The lowest BCUT2D eigenvalue weighted by atomic mass is 10.8. The molecule has 0 aromatic carbocycles. The second-order valence-corrected chi connectivity index (χ2v) is 2.27. The van der Waals surface area contributed by atoms with E-state index >= 15 is 0 Å². The molecule has 0 N–H and O–H groups in total. The molecule has 1 atom stereocenters. The fourth-order valence-electron chi connectivity index (χ4n) is 0.219. The van der Waals surface area contributed by atoms with Gasteiger partial charge in [-0.25, -0.2) is 0 Å². The summed E-state index contributed by atoms with van der Waals surface area (Å²) in [6.45, 7) is 2.49. The highest BCUT2D eigenvalue weighted by Gasteiger charge is 1.89. The molecule has 7 heavy (non-hydrogen) atoms. The predicted octanol–water partition coefficient (Wildman–Crippen LogP) is 1.48. The van der Waals surface area contributed by atoms with Crippen LogP contribution in [-0.4, -0.2) is 17.8 Å². The first-order valence-corrected chi connectivity index (χ1v) is 3.26. The van der Waals surface area contributed by atoms with E-state index in [1.165, 1.54) is 0 Å². The fourth-order valence-corrected chi connectivity index (χ4v) is 0.420. The summed E-state index contributed by atoms with van der Waals surface area (Å²) in [5.41, 5.74) is -0.0628. The summed E-state index contributed by atoms with van der Waals surface area (Å²) in [6.07, 6.45) is 0. The van der Waals surface area contributed by atoms with E-state index in [4.69, 9.17) is 4.74 Å². The zero-order valence-electron chi connectivity index (χ0n) is 4.26. The van der Waals surface area contributed by atoms with Crippen LogP contribution < -0.4 is 0 Å². The van der Waals surface area contributed by atoms with Gasteiger partial charge < -0.3 is 4.74 Å². The number of hydrogen-bond acceptors (Lipinski definition) is 2. The van der Waals surface area contributed by atoms with Crippen LogP contribution in [0.15, 0.2) is 0 Å². The Morgan fingerprint density at radius 1 is 1.86 bits per heavy atom. The summed E-state index contributed by atoms with van der Waals surface area (Å²) in [7, 11) is 0. The minimum atomic E-state index is -0.0628. The van der Waals surface area contributed by atoms with E-state index in [0.29, 0.717) is 6.61 Å². The van der Waals surface area contributed by atoms with Crippen LogP contribution in [0.25, 0.3) is 0 Å². The minimum Gasteiger partial charge on any atom is -0.366 e. The van der Waals surface area contributed by atoms with Crippen molar-refractivity contribution in [3.05, 3.63) is 0 Å². The highest BCUT2D eigenvalue weighted by molar-refractivity contribution is 7.80. The third kappa shape index (κ3) is 6.66. The lowest BCUT2D eigenvalue weighted by Gasteiger charge is -2.00. The lowest BCUT2D eigenvalue weighted by molar-refractivity contribution is 0.141. The van der Waals surface area contributed by atoms with Gasteiger partial charge in [0.05, 0.1) is 6.61 Å². The van der Waals surface area contributed by atoms with Crippen LogP contribution in [0.3, 0.4) is 0 Å². The Hall–Kier alpha value is 0.660. The van der Waals surface area contributed by atoms with Gasteiger partial charge in [0.1, 0.15) is 5.44 Å². The Balaban J connectivity index is 2.68. The Morgan fingerprint density at radius 2 is 2.43 bits per heavy atom. The lowest BCUT2D eigenvalue weighted by Crippen LogP contribution is -2.01. The molecular formula is C4H9OS2. The first-order valence-electron chi connectivity index (χ1n) is 2.15. The smallest absolute Gasteiger partial charge is 0.110 e. The molecule has 0 aromatic heterocycles. The molecule has 0 bridgehead atoms. The van der Waals surface area contributed by atoms with E-state index in [1.807, 2.05) is 6.92 Å². The van der Waals surface area contributed by atoms with Gasteiger partial charge in [-0.1, -0.05) is 12.6 Å². The summed E-state index contributed by atoms with van der Waals surface area (Å²) >= 11 is 8.61. The quantitative estimate of drug-likeness (QED) is 0.580. The largest absolute Gasteiger partial charge is 0.366 e. The maximum absolute atomic E-state index is 4.93. The summed E-state index contributed by atoms with van der Waals surface area (Å²) in [6, 6.07) is 0. The molecule has 0 saturated carbocycles. The molecule has 0 spiro atoms. The normalized spacial score (nSPS) is 14.1. The van der Waals surface area contributed by atoms with Crippen molar-refractivity contribution in [2.45, 2.75) is 12.4 Å². The van der Waals surface area contributed by atoms with Gasteiger partial charge in [0.2, 0.25) is 0 Å². The summed E-state index contributed by atoms with van der Waals surface area (Å²) in [4.78, 5) is 0. The number of rotatable bonds is 3. The Labute approximate surface area is 55.3 Å². The van der Waals surface area contributed by atoms with Gasteiger partial charge in [0.15, 0.2) is 0 Å². The van der Waals surface area contributed by atoms with Crippen molar-refractivity contribution >= 4 is 25.3 Å². The molecule has 1 nitrogen and oxygen atoms in total. The third-order valence-corrected chi connectivity index (χ3v) is 0.763. The van der Waals surface area contributed by atoms with Crippen LogP contribution >= 0.6 is 25.3 Å². The first-order chi connectivity index (χ1) is 3.27. The van der Waals surface area contributed by atoms with Crippen LogP contribution in [0, 0.1) is 0 Å². The van der Waals surface area contributed by atoms with Crippen LogP contribution in [0.2, 0.25) is 0 Å². The number of hydrogen-bond donors (Lipinski definition) is 1. The molecular weight excluding hydrogens is 128 g/mol. The molecule has 1 unspecified atom stereocenters. The molecule has 0 aliphatic heterocycles. The summed E-state index contributed by atoms with van der Waals surface area (Å²) < 4.78 is 4.93. The van der Waals surface area contributed by atoms with E-state index in [9.17, 15) is 0 Å². The predicted molar refractivity (Wildman–Crippen MR) is 36.9 cm³/mol. The molecule has 0 saturated heterocycles. The van der Waals surface area contributed by atoms with Crippen LogP contribution in [0.5, 0.6) is 0 Å². The van der Waals surface area contributed by atoms with E-state index in [-0.39, 0.29) is 5.44 Å². The molecule has 0 heterocycles. The van der Waals surface area contributed by atoms with Gasteiger partial charge in [-0.3, -0.25) is 0 Å². The SMILES string of the molecule is CC([S])OCCS. The average Bonchev–Trinajstić information content (AvgIpc) is 1.61. The monoisotopic (exact) mass is 137 g/mol. The van der Waals surface area contributed by atoms with Crippen molar-refractivity contribution in [1.29, 1.82) is 0 Å². The van der Waals surface area contributed by atoms with Gasteiger partial charge in [-0.2, -0.15) is 12.6 Å². The highest BCUT2D eigenvalue weighted by Crippen LogP contribution is 1.93. The van der Waals surface area contributed by atoms with Crippen molar-refractivity contribution in [1.82, 2.24) is 0 Å². The molecule has 0 aliphatic carbocycles. The van der Waals surface area contributed by atoms with Crippen molar-refractivity contribution in [2.75, 3.05) is 12.4 Å². The summed E-state index contributed by atoms with van der Waals surface area (Å²) in [5.74, 6) is 0.751. The Morgan fingerprint density at radius 3 is 2.57 bits per heavy atom. The Bertz CT molecular complexity index is 38.7. The van der Waals surface area contributed by atoms with Crippen molar-refractivity contribution in [3.8, 4) is 0 Å². The number of thiol groups is 1. The molecule has 0 aromatic rings. The Kier molecular flexibility index (Phi) is 5.26. The zero-order valence-corrected chi connectivity index (χ0v) is 5.97. The molecule has 3 heteroatoms. The highest BCUT2D eigenvalue weighted by atomic mass is 32.1. The maximum Gasteiger partial charge on any atom is 0.110 e. The average molecular weight is 137 g/mol. The zero-order chi connectivity index (χ0) is 5.70. The van der Waals surface area contributed by atoms with Gasteiger partial charge in [0, 0.05) is 5.75 Å².